The lowest BCUT2D eigenvalue weighted by molar-refractivity contribution is 0.102. The van der Waals surface area contributed by atoms with Crippen molar-refractivity contribution in [3.8, 4) is 11.4 Å². The van der Waals surface area contributed by atoms with Gasteiger partial charge < -0.3 is 10.3 Å². The summed E-state index contributed by atoms with van der Waals surface area (Å²) in [5.74, 6) is -0.628. The van der Waals surface area contributed by atoms with E-state index in [0.717, 1.165) is 5.56 Å². The van der Waals surface area contributed by atoms with E-state index in [1.54, 1.807) is 48.5 Å². The van der Waals surface area contributed by atoms with Crippen LogP contribution in [0.3, 0.4) is 0 Å². The lowest BCUT2D eigenvalue weighted by Crippen LogP contribution is -2.25. The standard InChI is InChI=1S/C24H16ClN3O3/c25-17-11-12-20(18(13-17)21(29)15-7-3-1-4-8-15)27-23(30)19-14-26-22(28-24(19)31)16-9-5-2-6-10-16/h1-14H,(H,27,30)(H,26,28,31). The first-order valence-corrected chi connectivity index (χ1v) is 9.76. The number of carbonyl (C=O) groups is 2. The first-order chi connectivity index (χ1) is 15.0. The molecule has 6 nitrogen and oxygen atoms in total. The van der Waals surface area contributed by atoms with Crippen molar-refractivity contribution in [1.29, 1.82) is 0 Å². The number of ketones is 1. The number of amides is 1. The Labute approximate surface area is 182 Å². The molecule has 7 heteroatoms. The molecule has 1 aromatic heterocycles. The summed E-state index contributed by atoms with van der Waals surface area (Å²) in [6.45, 7) is 0. The molecule has 1 amide bonds. The minimum atomic E-state index is -0.683. The van der Waals surface area contributed by atoms with Crippen molar-refractivity contribution in [2.24, 2.45) is 0 Å². The molecule has 4 rings (SSSR count). The van der Waals surface area contributed by atoms with Gasteiger partial charge in [0.1, 0.15) is 11.4 Å². The summed E-state index contributed by atoms with van der Waals surface area (Å²) in [7, 11) is 0. The highest BCUT2D eigenvalue weighted by atomic mass is 35.5. The summed E-state index contributed by atoms with van der Waals surface area (Å²) >= 11 is 6.07. The number of halogens is 1. The second-order valence-corrected chi connectivity index (χ2v) is 7.12. The topological polar surface area (TPSA) is 91.9 Å². The van der Waals surface area contributed by atoms with Crippen LogP contribution in [-0.4, -0.2) is 21.7 Å². The van der Waals surface area contributed by atoms with Gasteiger partial charge in [-0.2, -0.15) is 0 Å². The van der Waals surface area contributed by atoms with Crippen LogP contribution in [0.2, 0.25) is 5.02 Å². The molecule has 0 atom stereocenters. The fraction of sp³-hybridized carbons (Fsp3) is 0. The van der Waals surface area contributed by atoms with Crippen molar-refractivity contribution >= 4 is 29.0 Å². The second-order valence-electron chi connectivity index (χ2n) is 6.68. The van der Waals surface area contributed by atoms with Crippen LogP contribution in [0.5, 0.6) is 0 Å². The molecule has 0 saturated heterocycles. The Morgan fingerprint density at radius 1 is 0.871 bits per heavy atom. The van der Waals surface area contributed by atoms with Gasteiger partial charge in [0.05, 0.1) is 5.69 Å². The molecular formula is C24H16ClN3O3. The average Bonchev–Trinajstić information content (AvgIpc) is 2.80. The number of benzene rings is 3. The Hall–Kier alpha value is -4.03. The Balaban J connectivity index is 1.64. The highest BCUT2D eigenvalue weighted by Gasteiger charge is 2.18. The van der Waals surface area contributed by atoms with Gasteiger partial charge in [-0.1, -0.05) is 72.3 Å². The van der Waals surface area contributed by atoms with E-state index in [9.17, 15) is 14.4 Å². The molecule has 0 aliphatic carbocycles. The quantitative estimate of drug-likeness (QED) is 0.454. The van der Waals surface area contributed by atoms with Crippen LogP contribution >= 0.6 is 11.6 Å². The third-order valence-corrected chi connectivity index (χ3v) is 4.84. The number of anilines is 1. The normalized spacial score (nSPS) is 10.5. The SMILES string of the molecule is O=C(c1ccccc1)c1cc(Cl)ccc1NC(=O)c1cnc(-c2ccccc2)[nH]c1=O. The van der Waals surface area contributed by atoms with Crippen LogP contribution in [0.15, 0.2) is 89.9 Å². The number of nitrogens with one attached hydrogen (secondary N) is 2. The number of aromatic nitrogens is 2. The molecule has 3 aromatic carbocycles. The zero-order chi connectivity index (χ0) is 21.8. The van der Waals surface area contributed by atoms with Crippen molar-refractivity contribution in [2.45, 2.75) is 0 Å². The monoisotopic (exact) mass is 429 g/mol. The van der Waals surface area contributed by atoms with Gasteiger partial charge in [0, 0.05) is 27.9 Å². The van der Waals surface area contributed by atoms with Gasteiger partial charge in [-0.05, 0) is 18.2 Å². The van der Waals surface area contributed by atoms with Crippen LogP contribution in [-0.2, 0) is 0 Å². The van der Waals surface area contributed by atoms with Crippen molar-refractivity contribution in [3.05, 3.63) is 117 Å². The second kappa shape index (κ2) is 8.77. The van der Waals surface area contributed by atoms with Crippen molar-refractivity contribution in [2.75, 3.05) is 5.32 Å². The lowest BCUT2D eigenvalue weighted by Gasteiger charge is -2.11. The summed E-state index contributed by atoms with van der Waals surface area (Å²) < 4.78 is 0. The third-order valence-electron chi connectivity index (χ3n) is 4.60. The summed E-state index contributed by atoms with van der Waals surface area (Å²) in [5, 5.41) is 2.98. The van der Waals surface area contributed by atoms with Gasteiger partial charge in [-0.25, -0.2) is 4.98 Å². The average molecular weight is 430 g/mol. The van der Waals surface area contributed by atoms with Crippen LogP contribution in [0, 0.1) is 0 Å². The highest BCUT2D eigenvalue weighted by molar-refractivity contribution is 6.31. The van der Waals surface area contributed by atoms with Crippen LogP contribution in [0.4, 0.5) is 5.69 Å². The molecule has 31 heavy (non-hydrogen) atoms. The fourth-order valence-corrected chi connectivity index (χ4v) is 3.22. The smallest absolute Gasteiger partial charge is 0.264 e. The molecule has 0 saturated carbocycles. The number of hydrogen-bond acceptors (Lipinski definition) is 4. The Kier molecular flexibility index (Phi) is 5.73. The van der Waals surface area contributed by atoms with Gasteiger partial charge >= 0.3 is 0 Å². The van der Waals surface area contributed by atoms with E-state index in [2.05, 4.69) is 15.3 Å². The van der Waals surface area contributed by atoms with Gasteiger partial charge in [-0.3, -0.25) is 14.4 Å². The number of aromatic amines is 1. The van der Waals surface area contributed by atoms with E-state index in [1.165, 1.54) is 18.3 Å². The van der Waals surface area contributed by atoms with Crippen LogP contribution < -0.4 is 10.9 Å². The maximum absolute atomic E-state index is 12.9. The van der Waals surface area contributed by atoms with Crippen molar-refractivity contribution in [3.63, 3.8) is 0 Å². The first kappa shape index (κ1) is 20.3. The fourth-order valence-electron chi connectivity index (χ4n) is 3.05. The highest BCUT2D eigenvalue weighted by Crippen LogP contribution is 2.24. The largest absolute Gasteiger partial charge is 0.321 e. The molecule has 0 unspecified atom stereocenters. The molecule has 0 aliphatic rings. The van der Waals surface area contributed by atoms with E-state index in [1.807, 2.05) is 18.2 Å². The van der Waals surface area contributed by atoms with Crippen molar-refractivity contribution in [1.82, 2.24) is 9.97 Å². The predicted octanol–water partition coefficient (Wildman–Crippen LogP) is 4.57. The molecule has 0 aliphatic heterocycles. The minimum Gasteiger partial charge on any atom is -0.321 e. The molecule has 0 radical (unpaired) electrons. The third kappa shape index (κ3) is 4.44. The minimum absolute atomic E-state index is 0.173. The Morgan fingerprint density at radius 2 is 1.55 bits per heavy atom. The number of hydrogen-bond donors (Lipinski definition) is 2. The number of nitrogens with zero attached hydrogens (tertiary/aromatic N) is 1. The molecular weight excluding hydrogens is 414 g/mol. The van der Waals surface area contributed by atoms with Gasteiger partial charge in [-0.15, -0.1) is 0 Å². The summed E-state index contributed by atoms with van der Waals surface area (Å²) in [6, 6.07) is 22.3. The van der Waals surface area contributed by atoms with E-state index in [-0.39, 0.29) is 22.6 Å². The molecule has 2 N–H and O–H groups in total. The van der Waals surface area contributed by atoms with E-state index < -0.39 is 11.5 Å². The first-order valence-electron chi connectivity index (χ1n) is 9.38. The zero-order valence-electron chi connectivity index (χ0n) is 16.1. The summed E-state index contributed by atoms with van der Waals surface area (Å²) in [6.07, 6.45) is 1.21. The Morgan fingerprint density at radius 3 is 2.23 bits per heavy atom. The molecule has 4 aromatic rings. The van der Waals surface area contributed by atoms with E-state index in [0.29, 0.717) is 16.4 Å². The van der Waals surface area contributed by atoms with Crippen LogP contribution in [0.25, 0.3) is 11.4 Å². The van der Waals surface area contributed by atoms with Gasteiger partial charge in [0.2, 0.25) is 0 Å². The molecule has 0 fully saturated rings. The lowest BCUT2D eigenvalue weighted by atomic mass is 10.0. The van der Waals surface area contributed by atoms with E-state index in [4.69, 9.17) is 11.6 Å². The molecule has 152 valence electrons. The zero-order valence-corrected chi connectivity index (χ0v) is 16.9. The molecule has 0 bridgehead atoms. The molecule has 1 heterocycles. The van der Waals surface area contributed by atoms with E-state index >= 15 is 0 Å². The molecule has 0 spiro atoms. The van der Waals surface area contributed by atoms with Gasteiger partial charge in [0.15, 0.2) is 5.78 Å². The summed E-state index contributed by atoms with van der Waals surface area (Å²) in [4.78, 5) is 45.0. The number of rotatable bonds is 5. The predicted molar refractivity (Wildman–Crippen MR) is 120 cm³/mol. The maximum Gasteiger partial charge on any atom is 0.264 e. The van der Waals surface area contributed by atoms with Crippen molar-refractivity contribution < 1.29 is 9.59 Å². The maximum atomic E-state index is 12.9. The summed E-state index contributed by atoms with van der Waals surface area (Å²) in [5.41, 5.74) is 0.878. The Bertz CT molecular complexity index is 1320. The number of carbonyl (C=O) groups excluding carboxylic acids is 2. The number of H-pyrrole nitrogens is 1. The van der Waals surface area contributed by atoms with Gasteiger partial charge in [0.25, 0.3) is 11.5 Å². The van der Waals surface area contributed by atoms with Crippen LogP contribution in [0.1, 0.15) is 26.3 Å².